The number of piperazine rings is 1. The maximum atomic E-state index is 12.6. The molecule has 0 spiro atoms. The summed E-state index contributed by atoms with van der Waals surface area (Å²) in [5.74, 6) is 1.85. The molecule has 0 bridgehead atoms. The molecular weight excluding hydrogens is 334 g/mol. The SMILES string of the molecule is CC1(C)CN(c2ccnc(CCO)n2)CCN1C(=O)Oc1cccnc1. The van der Waals surface area contributed by atoms with Crippen molar-refractivity contribution in [2.75, 3.05) is 31.1 Å². The van der Waals surface area contributed by atoms with Crippen molar-refractivity contribution in [2.24, 2.45) is 0 Å². The Hall–Kier alpha value is -2.74. The van der Waals surface area contributed by atoms with Crippen LogP contribution in [0.3, 0.4) is 0 Å². The molecule has 138 valence electrons. The summed E-state index contributed by atoms with van der Waals surface area (Å²) >= 11 is 0. The first kappa shape index (κ1) is 18.1. The lowest BCUT2D eigenvalue weighted by Gasteiger charge is -2.46. The van der Waals surface area contributed by atoms with E-state index in [0.29, 0.717) is 37.6 Å². The summed E-state index contributed by atoms with van der Waals surface area (Å²) in [6.07, 6.45) is 4.89. The highest BCUT2D eigenvalue weighted by Gasteiger charge is 2.38. The van der Waals surface area contributed by atoms with Gasteiger partial charge in [-0.05, 0) is 32.0 Å². The van der Waals surface area contributed by atoms with Crippen LogP contribution in [0.4, 0.5) is 10.6 Å². The van der Waals surface area contributed by atoms with Crippen molar-refractivity contribution in [1.82, 2.24) is 19.9 Å². The van der Waals surface area contributed by atoms with Crippen LogP contribution in [0.25, 0.3) is 0 Å². The normalized spacial score (nSPS) is 16.4. The van der Waals surface area contributed by atoms with Crippen molar-refractivity contribution in [3.63, 3.8) is 0 Å². The molecule has 0 radical (unpaired) electrons. The summed E-state index contributed by atoms with van der Waals surface area (Å²) in [5, 5.41) is 9.06. The van der Waals surface area contributed by atoms with Crippen LogP contribution in [-0.4, -0.2) is 62.8 Å². The lowest BCUT2D eigenvalue weighted by atomic mass is 9.99. The lowest BCUT2D eigenvalue weighted by molar-refractivity contribution is 0.0898. The molecule has 1 amide bonds. The first-order chi connectivity index (χ1) is 12.5. The topological polar surface area (TPSA) is 91.7 Å². The number of carbonyl (C=O) groups excluding carboxylic acids is 1. The second kappa shape index (κ2) is 7.65. The molecule has 1 N–H and O–H groups in total. The van der Waals surface area contributed by atoms with Gasteiger partial charge in [-0.2, -0.15) is 0 Å². The number of nitrogens with zero attached hydrogens (tertiary/aromatic N) is 5. The molecule has 3 heterocycles. The highest BCUT2D eigenvalue weighted by molar-refractivity contribution is 5.72. The Bertz CT molecular complexity index is 754. The molecule has 8 heteroatoms. The first-order valence-electron chi connectivity index (χ1n) is 8.57. The summed E-state index contributed by atoms with van der Waals surface area (Å²) < 4.78 is 5.43. The second-order valence-electron chi connectivity index (χ2n) is 6.75. The van der Waals surface area contributed by atoms with E-state index in [1.54, 1.807) is 29.4 Å². The molecule has 2 aromatic heterocycles. The van der Waals surface area contributed by atoms with E-state index in [9.17, 15) is 4.79 Å². The Morgan fingerprint density at radius 3 is 2.85 bits per heavy atom. The van der Waals surface area contributed by atoms with Crippen LogP contribution in [0.2, 0.25) is 0 Å². The van der Waals surface area contributed by atoms with Gasteiger partial charge in [0.1, 0.15) is 11.6 Å². The summed E-state index contributed by atoms with van der Waals surface area (Å²) in [6.45, 7) is 5.79. The minimum absolute atomic E-state index is 0.0168. The third-order valence-corrected chi connectivity index (χ3v) is 4.31. The van der Waals surface area contributed by atoms with Gasteiger partial charge in [0.25, 0.3) is 0 Å². The van der Waals surface area contributed by atoms with Gasteiger partial charge in [-0.1, -0.05) is 0 Å². The zero-order valence-corrected chi connectivity index (χ0v) is 15.0. The number of anilines is 1. The number of hydrogen-bond donors (Lipinski definition) is 1. The number of aliphatic hydroxyl groups is 1. The quantitative estimate of drug-likeness (QED) is 0.886. The molecule has 1 aliphatic heterocycles. The van der Waals surface area contributed by atoms with Gasteiger partial charge in [-0.25, -0.2) is 14.8 Å². The van der Waals surface area contributed by atoms with E-state index in [-0.39, 0.29) is 12.7 Å². The van der Waals surface area contributed by atoms with Crippen LogP contribution in [0.5, 0.6) is 5.75 Å². The van der Waals surface area contributed by atoms with E-state index in [4.69, 9.17) is 9.84 Å². The third-order valence-electron chi connectivity index (χ3n) is 4.31. The van der Waals surface area contributed by atoms with Crippen LogP contribution >= 0.6 is 0 Å². The van der Waals surface area contributed by atoms with Crippen molar-refractivity contribution in [3.05, 3.63) is 42.6 Å². The number of amides is 1. The van der Waals surface area contributed by atoms with E-state index in [1.807, 2.05) is 19.9 Å². The number of aliphatic hydroxyl groups excluding tert-OH is 1. The summed E-state index contributed by atoms with van der Waals surface area (Å²) in [4.78, 5) is 29.0. The summed E-state index contributed by atoms with van der Waals surface area (Å²) in [6, 6.07) is 5.28. The van der Waals surface area contributed by atoms with Crippen molar-refractivity contribution in [1.29, 1.82) is 0 Å². The van der Waals surface area contributed by atoms with Gasteiger partial charge < -0.3 is 14.7 Å². The molecule has 8 nitrogen and oxygen atoms in total. The number of aromatic nitrogens is 3. The molecule has 1 aliphatic rings. The van der Waals surface area contributed by atoms with Crippen LogP contribution in [-0.2, 0) is 6.42 Å². The van der Waals surface area contributed by atoms with Crippen LogP contribution in [0.1, 0.15) is 19.7 Å². The Balaban J connectivity index is 1.69. The average Bonchev–Trinajstić information content (AvgIpc) is 2.62. The third kappa shape index (κ3) is 4.08. The van der Waals surface area contributed by atoms with Gasteiger partial charge in [-0.15, -0.1) is 0 Å². The van der Waals surface area contributed by atoms with E-state index in [2.05, 4.69) is 19.9 Å². The number of ether oxygens (including phenoxy) is 1. The second-order valence-corrected chi connectivity index (χ2v) is 6.75. The standard InChI is InChI=1S/C18H23N5O3/c1-18(2)13-22(16-5-8-20-15(21-16)6-11-24)9-10-23(18)17(25)26-14-4-3-7-19-12-14/h3-5,7-8,12,24H,6,9-11,13H2,1-2H3. The summed E-state index contributed by atoms with van der Waals surface area (Å²) in [5.41, 5.74) is -0.431. The lowest BCUT2D eigenvalue weighted by Crippen LogP contribution is -2.62. The van der Waals surface area contributed by atoms with E-state index in [1.165, 1.54) is 6.20 Å². The van der Waals surface area contributed by atoms with Crippen LogP contribution in [0, 0.1) is 0 Å². The van der Waals surface area contributed by atoms with Gasteiger partial charge in [0, 0.05) is 38.4 Å². The molecular formula is C18H23N5O3. The number of pyridine rings is 1. The molecule has 1 fully saturated rings. The molecule has 26 heavy (non-hydrogen) atoms. The largest absolute Gasteiger partial charge is 0.415 e. The predicted octanol–water partition coefficient (Wildman–Crippen LogP) is 1.51. The molecule has 0 saturated carbocycles. The van der Waals surface area contributed by atoms with E-state index < -0.39 is 5.54 Å². The summed E-state index contributed by atoms with van der Waals surface area (Å²) in [7, 11) is 0. The average molecular weight is 357 g/mol. The number of carbonyl (C=O) groups is 1. The number of rotatable bonds is 4. The Labute approximate surface area is 152 Å². The number of hydrogen-bond acceptors (Lipinski definition) is 7. The van der Waals surface area contributed by atoms with Gasteiger partial charge in [0.2, 0.25) is 0 Å². The maximum absolute atomic E-state index is 12.6. The van der Waals surface area contributed by atoms with Crippen LogP contribution < -0.4 is 9.64 Å². The molecule has 3 rings (SSSR count). The molecule has 0 aliphatic carbocycles. The smallest absolute Gasteiger partial charge is 0.409 e. The minimum Gasteiger partial charge on any atom is -0.409 e. The van der Waals surface area contributed by atoms with E-state index in [0.717, 1.165) is 5.82 Å². The van der Waals surface area contributed by atoms with Gasteiger partial charge >= 0.3 is 6.09 Å². The monoisotopic (exact) mass is 357 g/mol. The fraction of sp³-hybridized carbons (Fsp3) is 0.444. The molecule has 0 unspecified atom stereocenters. The molecule has 0 atom stereocenters. The Kier molecular flexibility index (Phi) is 5.32. The van der Waals surface area contributed by atoms with Crippen molar-refractivity contribution in [3.8, 4) is 5.75 Å². The van der Waals surface area contributed by atoms with Gasteiger partial charge in [0.05, 0.1) is 18.3 Å². The fourth-order valence-corrected chi connectivity index (χ4v) is 3.04. The van der Waals surface area contributed by atoms with Crippen LogP contribution in [0.15, 0.2) is 36.8 Å². The molecule has 1 saturated heterocycles. The van der Waals surface area contributed by atoms with Crippen molar-refractivity contribution < 1.29 is 14.6 Å². The zero-order valence-electron chi connectivity index (χ0n) is 15.0. The predicted molar refractivity (Wildman–Crippen MR) is 96.1 cm³/mol. The Morgan fingerprint density at radius 1 is 1.31 bits per heavy atom. The van der Waals surface area contributed by atoms with Crippen molar-refractivity contribution >= 4 is 11.9 Å². The fourth-order valence-electron chi connectivity index (χ4n) is 3.04. The molecule has 2 aromatic rings. The maximum Gasteiger partial charge on any atom is 0.415 e. The van der Waals surface area contributed by atoms with Crippen molar-refractivity contribution in [2.45, 2.75) is 25.8 Å². The first-order valence-corrected chi connectivity index (χ1v) is 8.57. The molecule has 0 aromatic carbocycles. The highest BCUT2D eigenvalue weighted by atomic mass is 16.6. The highest BCUT2D eigenvalue weighted by Crippen LogP contribution is 2.25. The zero-order chi connectivity index (χ0) is 18.6. The minimum atomic E-state index is -0.431. The Morgan fingerprint density at radius 2 is 2.15 bits per heavy atom. The van der Waals surface area contributed by atoms with Gasteiger partial charge in [0.15, 0.2) is 5.75 Å². The van der Waals surface area contributed by atoms with E-state index >= 15 is 0 Å². The van der Waals surface area contributed by atoms with Gasteiger partial charge in [-0.3, -0.25) is 9.88 Å².